The highest BCUT2D eigenvalue weighted by Crippen LogP contribution is 2.44. The van der Waals surface area contributed by atoms with Crippen LogP contribution in [-0.4, -0.2) is 39.1 Å². The molecule has 5 nitrogen and oxygen atoms in total. The summed E-state index contributed by atoms with van der Waals surface area (Å²) in [5.41, 5.74) is 13.0. The molecule has 5 aromatic rings. The molecule has 2 aromatic carbocycles. The maximum atomic E-state index is 6.45. The minimum absolute atomic E-state index is 0.530. The first kappa shape index (κ1) is 20.7. The average molecular weight is 460 g/mol. The fourth-order valence-corrected chi connectivity index (χ4v) is 5.81. The maximum absolute atomic E-state index is 6.45. The summed E-state index contributed by atoms with van der Waals surface area (Å²) in [5.74, 6) is 1.40. The van der Waals surface area contributed by atoms with Crippen LogP contribution in [0.15, 0.2) is 79.1 Å². The third-order valence-electron chi connectivity index (χ3n) is 7.92. The first-order valence-corrected chi connectivity index (χ1v) is 12.7. The number of rotatable bonds is 5. The molecule has 0 atom stereocenters. The Hall–Kier alpha value is -3.70. The zero-order valence-corrected chi connectivity index (χ0v) is 19.8. The Morgan fingerprint density at radius 3 is 2.54 bits per heavy atom. The van der Waals surface area contributed by atoms with Gasteiger partial charge in [0.2, 0.25) is 0 Å². The molecule has 1 aliphatic heterocycles. The van der Waals surface area contributed by atoms with Crippen molar-refractivity contribution in [1.29, 1.82) is 0 Å². The fourth-order valence-electron chi connectivity index (χ4n) is 5.81. The normalized spacial score (nSPS) is 20.1. The Labute approximate surface area is 205 Å². The van der Waals surface area contributed by atoms with Gasteiger partial charge in [-0.05, 0) is 62.0 Å². The quantitative estimate of drug-likeness (QED) is 0.342. The Morgan fingerprint density at radius 1 is 0.914 bits per heavy atom. The van der Waals surface area contributed by atoms with E-state index in [1.165, 1.54) is 44.4 Å². The molecule has 5 heteroatoms. The van der Waals surface area contributed by atoms with Crippen molar-refractivity contribution in [1.82, 2.24) is 19.4 Å². The van der Waals surface area contributed by atoms with Crippen molar-refractivity contribution >= 4 is 27.6 Å². The molecule has 1 aliphatic carbocycles. The van der Waals surface area contributed by atoms with Gasteiger partial charge < -0.3 is 15.2 Å². The number of hydrogen-bond acceptors (Lipinski definition) is 4. The number of pyridine rings is 2. The molecule has 1 saturated carbocycles. The highest BCUT2D eigenvalue weighted by molar-refractivity contribution is 6.03. The van der Waals surface area contributed by atoms with Gasteiger partial charge in [0, 0.05) is 46.9 Å². The Bertz CT molecular complexity index is 1530. The number of anilines is 1. The highest BCUT2D eigenvalue weighted by Gasteiger charge is 2.34. The molecule has 0 radical (unpaired) electrons. The molecule has 4 heterocycles. The molecule has 1 saturated heterocycles. The molecule has 174 valence electrons. The van der Waals surface area contributed by atoms with Crippen LogP contribution in [0.2, 0.25) is 0 Å². The number of fused-ring (bicyclic) bond motifs is 2. The van der Waals surface area contributed by atoms with Gasteiger partial charge in [-0.15, -0.1) is 0 Å². The molecule has 0 unspecified atom stereocenters. The summed E-state index contributed by atoms with van der Waals surface area (Å²) < 4.78 is 2.45. The lowest BCUT2D eigenvalue weighted by Crippen LogP contribution is -2.43. The molecule has 2 N–H and O–H groups in total. The summed E-state index contributed by atoms with van der Waals surface area (Å²) in [6.45, 7) is 3.82. The van der Waals surface area contributed by atoms with Gasteiger partial charge in [0.15, 0.2) is 0 Å². The zero-order chi connectivity index (χ0) is 23.4. The van der Waals surface area contributed by atoms with Crippen molar-refractivity contribution in [2.45, 2.75) is 25.3 Å². The second-order valence-corrected chi connectivity index (χ2v) is 10.2. The van der Waals surface area contributed by atoms with E-state index in [1.807, 2.05) is 12.3 Å². The average Bonchev–Trinajstić information content (AvgIpc) is 3.22. The minimum Gasteiger partial charge on any atom is -0.383 e. The maximum Gasteiger partial charge on any atom is 0.133 e. The van der Waals surface area contributed by atoms with Gasteiger partial charge in [-0.2, -0.15) is 0 Å². The number of benzene rings is 2. The Morgan fingerprint density at radius 2 is 1.74 bits per heavy atom. The van der Waals surface area contributed by atoms with Crippen LogP contribution in [0.4, 0.5) is 5.82 Å². The van der Waals surface area contributed by atoms with E-state index in [0.717, 1.165) is 44.6 Å². The number of nitrogen functional groups attached to an aromatic ring is 1. The van der Waals surface area contributed by atoms with E-state index >= 15 is 0 Å². The van der Waals surface area contributed by atoms with Gasteiger partial charge in [-0.25, -0.2) is 9.97 Å². The van der Waals surface area contributed by atoms with Crippen molar-refractivity contribution < 1.29 is 0 Å². The first-order valence-electron chi connectivity index (χ1n) is 12.7. The predicted octanol–water partition coefficient (Wildman–Crippen LogP) is 6.16. The molecule has 2 fully saturated rings. The van der Waals surface area contributed by atoms with E-state index in [1.54, 1.807) is 0 Å². The second kappa shape index (κ2) is 8.21. The third-order valence-corrected chi connectivity index (χ3v) is 7.92. The van der Waals surface area contributed by atoms with Crippen molar-refractivity contribution in [2.24, 2.45) is 5.92 Å². The standard InChI is InChI=1S/C30H29N5/c31-30-29-25(19-35(28(29)11-12-32-30)24-15-20(16-24)18-34-13-4-14-34)23-8-7-22-9-10-26(33-27(22)17-23)21-5-2-1-3-6-21/h1-3,5-12,17,19-20,24H,4,13-16,18H2,(H2,31,32)/t20-,24+. The summed E-state index contributed by atoms with van der Waals surface area (Å²) in [5, 5.41) is 2.19. The lowest BCUT2D eigenvalue weighted by Gasteiger charge is -2.42. The zero-order valence-electron chi connectivity index (χ0n) is 19.8. The van der Waals surface area contributed by atoms with Crippen LogP contribution in [0.1, 0.15) is 25.3 Å². The van der Waals surface area contributed by atoms with Gasteiger partial charge in [-0.1, -0.05) is 48.5 Å². The van der Waals surface area contributed by atoms with Crippen molar-refractivity contribution in [3.63, 3.8) is 0 Å². The van der Waals surface area contributed by atoms with Crippen molar-refractivity contribution in [3.05, 3.63) is 79.1 Å². The van der Waals surface area contributed by atoms with E-state index in [4.69, 9.17) is 10.7 Å². The summed E-state index contributed by atoms with van der Waals surface area (Å²) in [4.78, 5) is 12.0. The number of aromatic nitrogens is 3. The van der Waals surface area contributed by atoms with E-state index in [0.29, 0.717) is 11.9 Å². The van der Waals surface area contributed by atoms with Crippen LogP contribution >= 0.6 is 0 Å². The molecule has 3 aromatic heterocycles. The largest absolute Gasteiger partial charge is 0.383 e. The molecule has 0 spiro atoms. The second-order valence-electron chi connectivity index (χ2n) is 10.2. The van der Waals surface area contributed by atoms with Crippen molar-refractivity contribution in [3.8, 4) is 22.4 Å². The van der Waals surface area contributed by atoms with Gasteiger partial charge in [-0.3, -0.25) is 0 Å². The smallest absolute Gasteiger partial charge is 0.133 e. The molecule has 7 rings (SSSR count). The molecular weight excluding hydrogens is 430 g/mol. The molecular formula is C30H29N5. The monoisotopic (exact) mass is 459 g/mol. The van der Waals surface area contributed by atoms with Crippen LogP contribution in [0.3, 0.4) is 0 Å². The number of nitrogens with two attached hydrogens (primary N) is 1. The van der Waals surface area contributed by atoms with Crippen LogP contribution in [0.5, 0.6) is 0 Å². The summed E-state index contributed by atoms with van der Waals surface area (Å²) in [6, 6.07) is 23.8. The molecule has 0 bridgehead atoms. The summed E-state index contributed by atoms with van der Waals surface area (Å²) in [7, 11) is 0. The number of nitrogens with zero attached hydrogens (tertiary/aromatic N) is 4. The fraction of sp³-hybridized carbons (Fsp3) is 0.267. The third kappa shape index (κ3) is 3.58. The van der Waals surface area contributed by atoms with Crippen LogP contribution in [0, 0.1) is 5.92 Å². The van der Waals surface area contributed by atoms with Gasteiger partial charge in [0.05, 0.1) is 16.7 Å². The first-order chi connectivity index (χ1) is 17.2. The lowest BCUT2D eigenvalue weighted by molar-refractivity contribution is 0.0923. The van der Waals surface area contributed by atoms with Gasteiger partial charge in [0.1, 0.15) is 5.82 Å². The SMILES string of the molecule is Nc1nccc2c1c(-c1ccc3ccc(-c4ccccc4)nc3c1)cn2[C@H]1C[C@@H](CN2CCC2)C1. The topological polar surface area (TPSA) is 60.0 Å². The van der Waals surface area contributed by atoms with Crippen molar-refractivity contribution in [2.75, 3.05) is 25.4 Å². The van der Waals surface area contributed by atoms with E-state index in [-0.39, 0.29) is 0 Å². The predicted molar refractivity (Wildman–Crippen MR) is 143 cm³/mol. The number of hydrogen-bond donors (Lipinski definition) is 1. The van der Waals surface area contributed by atoms with E-state index in [9.17, 15) is 0 Å². The summed E-state index contributed by atoms with van der Waals surface area (Å²) >= 11 is 0. The molecule has 35 heavy (non-hydrogen) atoms. The Balaban J connectivity index is 1.27. The number of likely N-dealkylation sites (tertiary alicyclic amines) is 1. The molecule has 0 amide bonds. The highest BCUT2D eigenvalue weighted by atomic mass is 15.2. The summed E-state index contributed by atoms with van der Waals surface area (Å²) in [6.07, 6.45) is 7.97. The Kier molecular flexibility index (Phi) is 4.84. The van der Waals surface area contributed by atoms with Gasteiger partial charge >= 0.3 is 0 Å². The lowest BCUT2D eigenvalue weighted by atomic mass is 9.79. The van der Waals surface area contributed by atoms with Crippen LogP contribution in [-0.2, 0) is 0 Å². The van der Waals surface area contributed by atoms with Crippen LogP contribution in [0.25, 0.3) is 44.2 Å². The van der Waals surface area contributed by atoms with Gasteiger partial charge in [0.25, 0.3) is 0 Å². The van der Waals surface area contributed by atoms with Crippen LogP contribution < -0.4 is 5.73 Å². The van der Waals surface area contributed by atoms with E-state index in [2.05, 4.69) is 81.3 Å². The van der Waals surface area contributed by atoms with E-state index < -0.39 is 0 Å². The minimum atomic E-state index is 0.530. The molecule has 2 aliphatic rings.